The fourth-order valence-electron chi connectivity index (χ4n) is 5.06. The molecule has 0 spiro atoms. The molecule has 3 aromatic heterocycles. The summed E-state index contributed by atoms with van der Waals surface area (Å²) in [6, 6.07) is 5.94. The van der Waals surface area contributed by atoms with Crippen LogP contribution in [-0.4, -0.2) is 57.9 Å². The molecule has 1 fully saturated rings. The number of nitrogens with zero attached hydrogens (tertiary/aromatic N) is 7. The van der Waals surface area contributed by atoms with Crippen LogP contribution in [0.2, 0.25) is 5.02 Å². The van der Waals surface area contributed by atoms with E-state index in [1.807, 2.05) is 0 Å². The first-order valence-electron chi connectivity index (χ1n) is 11.5. The van der Waals surface area contributed by atoms with E-state index in [0.717, 1.165) is 12.0 Å². The minimum absolute atomic E-state index is 0.0478. The highest BCUT2D eigenvalue weighted by molar-refractivity contribution is 6.31. The molecule has 186 valence electrons. The van der Waals surface area contributed by atoms with Crippen molar-refractivity contribution in [2.24, 2.45) is 5.73 Å². The van der Waals surface area contributed by atoms with Crippen molar-refractivity contribution in [3.05, 3.63) is 77.0 Å². The lowest BCUT2D eigenvalue weighted by Gasteiger charge is -2.33. The average molecular weight is 520 g/mol. The van der Waals surface area contributed by atoms with Crippen molar-refractivity contribution in [3.63, 3.8) is 0 Å². The highest BCUT2D eigenvalue weighted by Crippen LogP contribution is 2.44. The van der Waals surface area contributed by atoms with Crippen molar-refractivity contribution in [1.29, 1.82) is 0 Å². The third-order valence-corrected chi connectivity index (χ3v) is 7.03. The molecule has 0 aliphatic carbocycles. The summed E-state index contributed by atoms with van der Waals surface area (Å²) in [5.74, 6) is -0.817. The number of aromatic amines is 1. The summed E-state index contributed by atoms with van der Waals surface area (Å²) < 4.78 is 16.6. The molecular formula is C24H19ClFN9O2. The molecule has 2 aliphatic rings. The minimum atomic E-state index is -0.622. The highest BCUT2D eigenvalue weighted by atomic mass is 35.5. The Kier molecular flexibility index (Phi) is 5.52. The third-order valence-electron chi connectivity index (χ3n) is 6.74. The lowest BCUT2D eigenvalue weighted by atomic mass is 9.92. The monoisotopic (exact) mass is 519 g/mol. The molecule has 5 heterocycles. The molecule has 4 aromatic rings. The molecule has 13 heteroatoms. The van der Waals surface area contributed by atoms with Crippen molar-refractivity contribution >= 4 is 29.0 Å². The van der Waals surface area contributed by atoms with Crippen molar-refractivity contribution in [2.45, 2.75) is 31.3 Å². The van der Waals surface area contributed by atoms with E-state index in [4.69, 9.17) is 17.3 Å². The van der Waals surface area contributed by atoms with Crippen molar-refractivity contribution < 1.29 is 14.0 Å². The molecule has 6 rings (SSSR count). The molecule has 0 radical (unpaired) electrons. The molecule has 1 saturated heterocycles. The summed E-state index contributed by atoms with van der Waals surface area (Å²) in [5.41, 5.74) is 8.02. The molecule has 2 amide bonds. The Morgan fingerprint density at radius 1 is 1.16 bits per heavy atom. The quantitative estimate of drug-likeness (QED) is 0.411. The Bertz CT molecular complexity index is 1550. The van der Waals surface area contributed by atoms with Crippen LogP contribution in [0.15, 0.2) is 49.1 Å². The number of benzene rings is 1. The topological polar surface area (TPSA) is 149 Å². The predicted molar refractivity (Wildman–Crippen MR) is 130 cm³/mol. The second-order valence-electron chi connectivity index (χ2n) is 8.85. The van der Waals surface area contributed by atoms with E-state index in [1.54, 1.807) is 29.3 Å². The maximum Gasteiger partial charge on any atom is 0.267 e. The summed E-state index contributed by atoms with van der Waals surface area (Å²) in [4.78, 5) is 38.3. The van der Waals surface area contributed by atoms with Crippen LogP contribution in [-0.2, 0) is 4.79 Å². The summed E-state index contributed by atoms with van der Waals surface area (Å²) in [6.07, 6.45) is 7.88. The Labute approximate surface area is 214 Å². The summed E-state index contributed by atoms with van der Waals surface area (Å²) in [6.45, 7) is 0. The van der Waals surface area contributed by atoms with Crippen molar-refractivity contribution in [2.75, 3.05) is 0 Å². The van der Waals surface area contributed by atoms with Crippen LogP contribution in [0.4, 0.5) is 4.39 Å². The first-order chi connectivity index (χ1) is 17.9. The Balaban J connectivity index is 1.30. The summed E-state index contributed by atoms with van der Waals surface area (Å²) in [5, 5.41) is 11.1. The number of primary amides is 1. The van der Waals surface area contributed by atoms with Gasteiger partial charge in [-0.1, -0.05) is 11.6 Å². The number of hydrogen-bond donors (Lipinski definition) is 2. The van der Waals surface area contributed by atoms with Crippen molar-refractivity contribution in [1.82, 2.24) is 40.1 Å². The second-order valence-corrected chi connectivity index (χ2v) is 9.26. The number of pyridine rings is 1. The molecule has 0 bridgehead atoms. The smallest absolute Gasteiger partial charge is 0.267 e. The maximum absolute atomic E-state index is 15.3. The zero-order chi connectivity index (χ0) is 25.7. The molecule has 11 nitrogen and oxygen atoms in total. The van der Waals surface area contributed by atoms with Crippen LogP contribution in [0, 0.1) is 5.82 Å². The number of fused-ring (bicyclic) bond motifs is 1. The molecule has 0 saturated carbocycles. The number of carbonyl (C=O) groups is 2. The van der Waals surface area contributed by atoms with Gasteiger partial charge in [0.05, 0.1) is 28.6 Å². The number of H-pyrrole nitrogens is 1. The number of hydrogen-bond acceptors (Lipinski definition) is 7. The van der Waals surface area contributed by atoms with Gasteiger partial charge in [0.25, 0.3) is 5.91 Å². The number of imidazole rings is 1. The average Bonchev–Trinajstić information content (AvgIpc) is 3.66. The van der Waals surface area contributed by atoms with Crippen LogP contribution in [0.1, 0.15) is 47.2 Å². The van der Waals surface area contributed by atoms with Gasteiger partial charge in [0.1, 0.15) is 17.8 Å². The lowest BCUT2D eigenvalue weighted by molar-refractivity contribution is -0.129. The maximum atomic E-state index is 15.3. The van der Waals surface area contributed by atoms with E-state index in [-0.39, 0.29) is 34.3 Å². The molecule has 3 N–H and O–H groups in total. The van der Waals surface area contributed by atoms with Crippen LogP contribution >= 0.6 is 11.6 Å². The van der Waals surface area contributed by atoms with Gasteiger partial charge >= 0.3 is 0 Å². The van der Waals surface area contributed by atoms with Crippen LogP contribution in [0.3, 0.4) is 0 Å². The molecule has 2 atom stereocenters. The molecule has 2 aliphatic heterocycles. The summed E-state index contributed by atoms with van der Waals surface area (Å²) >= 11 is 6.10. The fourth-order valence-corrected chi connectivity index (χ4v) is 5.21. The van der Waals surface area contributed by atoms with Gasteiger partial charge in [-0.15, -0.1) is 5.10 Å². The normalized spacial score (nSPS) is 19.1. The van der Waals surface area contributed by atoms with Gasteiger partial charge in [-0.25, -0.2) is 9.37 Å². The van der Waals surface area contributed by atoms with Gasteiger partial charge in [0, 0.05) is 29.4 Å². The number of tetrazole rings is 1. The number of halogens is 2. The number of rotatable bonds is 5. The summed E-state index contributed by atoms with van der Waals surface area (Å²) in [7, 11) is 0. The predicted octanol–water partition coefficient (Wildman–Crippen LogP) is 2.86. The van der Waals surface area contributed by atoms with Gasteiger partial charge in [-0.2, -0.15) is 4.68 Å². The van der Waals surface area contributed by atoms with Crippen LogP contribution < -0.4 is 5.73 Å². The molecule has 37 heavy (non-hydrogen) atoms. The number of amides is 2. The van der Waals surface area contributed by atoms with Crippen LogP contribution in [0.5, 0.6) is 0 Å². The van der Waals surface area contributed by atoms with E-state index < -0.39 is 11.7 Å². The first kappa shape index (κ1) is 23.0. The van der Waals surface area contributed by atoms with E-state index >= 15 is 4.39 Å². The van der Waals surface area contributed by atoms with E-state index in [1.165, 1.54) is 29.3 Å². The lowest BCUT2D eigenvalue weighted by Crippen LogP contribution is -2.39. The van der Waals surface area contributed by atoms with Gasteiger partial charge in [0.15, 0.2) is 5.82 Å². The second kappa shape index (κ2) is 8.89. The zero-order valence-electron chi connectivity index (χ0n) is 19.2. The number of aromatic nitrogens is 7. The van der Waals surface area contributed by atoms with Gasteiger partial charge in [-0.3, -0.25) is 14.6 Å². The van der Waals surface area contributed by atoms with Crippen molar-refractivity contribution in [3.8, 4) is 16.9 Å². The SMILES string of the molecule is NC(=O)c1ccc(-c2cnc([C@@H]3CC[C@@H]4CC(c5c(-n6cnnn6)ccc(Cl)c5F)=CC(=O)N43)[nH]2)cn1. The highest BCUT2D eigenvalue weighted by Gasteiger charge is 2.42. The molecular weight excluding hydrogens is 501 g/mol. The molecule has 0 unspecified atom stereocenters. The van der Waals surface area contributed by atoms with E-state index in [9.17, 15) is 9.59 Å². The minimum Gasteiger partial charge on any atom is -0.364 e. The largest absolute Gasteiger partial charge is 0.364 e. The number of carbonyl (C=O) groups excluding carboxylic acids is 2. The Morgan fingerprint density at radius 3 is 2.76 bits per heavy atom. The van der Waals surface area contributed by atoms with Gasteiger partial charge in [-0.05, 0) is 59.5 Å². The third kappa shape index (κ3) is 3.95. The molecule has 1 aromatic carbocycles. The number of nitrogens with one attached hydrogen (secondary N) is 1. The van der Waals surface area contributed by atoms with Gasteiger partial charge in [0.2, 0.25) is 5.91 Å². The standard InChI is InChI=1S/C24H19ClFN9O2/c25-15-3-6-18(34-11-30-32-33-34)21(22(15)26)13-7-14-2-5-19(35(14)20(36)8-13)24-29-10-17(31-24)12-1-4-16(23(27)37)28-9-12/h1,3-4,6,8-11,14,19H,2,5,7H2,(H2,27,37)(H,29,31)/t14-,19+/m1/s1. The fraction of sp³-hybridized carbons (Fsp3) is 0.208. The number of nitrogens with two attached hydrogens (primary N) is 1. The van der Waals surface area contributed by atoms with Crippen LogP contribution in [0.25, 0.3) is 22.5 Å². The Hall–Kier alpha value is -4.45. The first-order valence-corrected chi connectivity index (χ1v) is 11.8. The Morgan fingerprint density at radius 2 is 2.03 bits per heavy atom. The van der Waals surface area contributed by atoms with E-state index in [0.29, 0.717) is 35.6 Å². The van der Waals surface area contributed by atoms with Gasteiger partial charge < -0.3 is 15.6 Å². The van der Waals surface area contributed by atoms with E-state index in [2.05, 4.69) is 30.5 Å². The zero-order valence-corrected chi connectivity index (χ0v) is 19.9.